The summed E-state index contributed by atoms with van der Waals surface area (Å²) in [5.41, 5.74) is 0.910. The first-order valence-corrected chi connectivity index (χ1v) is 13.2. The molecule has 38 heavy (non-hydrogen) atoms. The number of carbonyl (C=O) groups is 2. The number of halogens is 3. The normalized spacial score (nSPS) is 15.1. The second kappa shape index (κ2) is 12.2. The van der Waals surface area contributed by atoms with E-state index in [1.807, 2.05) is 12.5 Å². The molecule has 2 aromatic heterocycles. The topological polar surface area (TPSA) is 112 Å². The quantitative estimate of drug-likeness (QED) is 0.355. The van der Waals surface area contributed by atoms with Crippen molar-refractivity contribution in [1.29, 1.82) is 0 Å². The number of carbonyl (C=O) groups excluding carboxylic acids is 2. The minimum Gasteiger partial charge on any atom is -0.493 e. The predicted molar refractivity (Wildman–Crippen MR) is 135 cm³/mol. The predicted octanol–water partition coefficient (Wildman–Crippen LogP) is 3.15. The number of anilines is 1. The van der Waals surface area contributed by atoms with Crippen molar-refractivity contribution < 1.29 is 32.2 Å². The zero-order chi connectivity index (χ0) is 27.1. The van der Waals surface area contributed by atoms with E-state index in [4.69, 9.17) is 9.47 Å². The number of ether oxygens (including phenoxy) is 2. The first-order chi connectivity index (χ1) is 18.2. The number of nitrogens with one attached hydrogen (secondary N) is 2. The highest BCUT2D eigenvalue weighted by molar-refractivity contribution is 7.99. The lowest BCUT2D eigenvalue weighted by atomic mass is 9.99. The summed E-state index contributed by atoms with van der Waals surface area (Å²) in [6.45, 7) is -0.275. The van der Waals surface area contributed by atoms with Crippen molar-refractivity contribution in [2.75, 3.05) is 30.5 Å². The lowest BCUT2D eigenvalue weighted by Crippen LogP contribution is -2.42. The Balaban J connectivity index is 1.39. The molecule has 1 aliphatic rings. The molecule has 204 valence electrons. The standard InChI is InChI=1S/C24H27F3N6O4S/c1-38-14-20(34)30-22-21-19(31-33(22)10-9-32-8-3-7-28-32)12-16(29-23(21)35)6-11-36-17-4-2-5-18(13-17)37-15-24(25,26)27/h2-5,7-8,13,16H,6,9-12,14-15H2,1H3,(H,29,35)(H,30,34). The van der Waals surface area contributed by atoms with Crippen LogP contribution in [0.4, 0.5) is 19.0 Å². The van der Waals surface area contributed by atoms with Crippen LogP contribution in [-0.2, 0) is 24.3 Å². The minimum absolute atomic E-state index is 0.0483. The second-order valence-electron chi connectivity index (χ2n) is 8.53. The number of amides is 2. The number of fused-ring (bicyclic) bond motifs is 1. The van der Waals surface area contributed by atoms with Crippen molar-refractivity contribution in [3.63, 3.8) is 0 Å². The summed E-state index contributed by atoms with van der Waals surface area (Å²) in [6, 6.07) is 7.49. The molecule has 0 fully saturated rings. The van der Waals surface area contributed by atoms with E-state index in [9.17, 15) is 22.8 Å². The molecule has 0 bridgehead atoms. The lowest BCUT2D eigenvalue weighted by molar-refractivity contribution is -0.153. The van der Waals surface area contributed by atoms with Crippen molar-refractivity contribution in [3.8, 4) is 11.5 Å². The van der Waals surface area contributed by atoms with Crippen molar-refractivity contribution in [3.05, 3.63) is 54.0 Å². The van der Waals surface area contributed by atoms with Crippen LogP contribution < -0.4 is 20.1 Å². The Bertz CT molecular complexity index is 1250. The highest BCUT2D eigenvalue weighted by atomic mass is 32.2. The van der Waals surface area contributed by atoms with Gasteiger partial charge in [-0.25, -0.2) is 4.68 Å². The van der Waals surface area contributed by atoms with Crippen molar-refractivity contribution >= 4 is 29.4 Å². The number of aromatic nitrogens is 4. The highest BCUT2D eigenvalue weighted by Gasteiger charge is 2.32. The molecule has 1 aliphatic heterocycles. The van der Waals surface area contributed by atoms with Crippen LogP contribution in [0.1, 0.15) is 22.5 Å². The maximum absolute atomic E-state index is 13.0. The Morgan fingerprint density at radius 1 is 1.24 bits per heavy atom. The molecule has 14 heteroatoms. The molecule has 0 saturated carbocycles. The van der Waals surface area contributed by atoms with Gasteiger partial charge in [-0.15, -0.1) is 0 Å². The Labute approximate surface area is 220 Å². The third-order valence-electron chi connectivity index (χ3n) is 5.60. The van der Waals surface area contributed by atoms with Gasteiger partial charge in [-0.05, 0) is 24.5 Å². The van der Waals surface area contributed by atoms with Crippen LogP contribution in [0.2, 0.25) is 0 Å². The largest absolute Gasteiger partial charge is 0.493 e. The van der Waals surface area contributed by atoms with Gasteiger partial charge in [0, 0.05) is 37.3 Å². The van der Waals surface area contributed by atoms with E-state index < -0.39 is 12.8 Å². The molecule has 1 aromatic carbocycles. The Morgan fingerprint density at radius 3 is 2.74 bits per heavy atom. The monoisotopic (exact) mass is 552 g/mol. The number of thioether (sulfide) groups is 1. The van der Waals surface area contributed by atoms with Gasteiger partial charge < -0.3 is 20.1 Å². The van der Waals surface area contributed by atoms with Crippen LogP contribution in [0.3, 0.4) is 0 Å². The molecule has 3 heterocycles. The van der Waals surface area contributed by atoms with Crippen molar-refractivity contribution in [2.24, 2.45) is 0 Å². The van der Waals surface area contributed by atoms with Crippen LogP contribution in [0.25, 0.3) is 0 Å². The third-order valence-corrected chi connectivity index (χ3v) is 6.15. The summed E-state index contributed by atoms with van der Waals surface area (Å²) in [4.78, 5) is 25.4. The molecule has 10 nitrogen and oxygen atoms in total. The maximum atomic E-state index is 13.0. The highest BCUT2D eigenvalue weighted by Crippen LogP contribution is 2.27. The van der Waals surface area contributed by atoms with Gasteiger partial charge in [0.05, 0.1) is 31.1 Å². The summed E-state index contributed by atoms with van der Waals surface area (Å²) < 4.78 is 51.0. The molecule has 2 N–H and O–H groups in total. The number of alkyl halides is 3. The van der Waals surface area contributed by atoms with E-state index in [0.29, 0.717) is 48.8 Å². The SMILES string of the molecule is CSCC(=O)Nc1c2c(nn1CCn1cccn1)CC(CCOc1cccc(OCC(F)(F)F)c1)NC2=O. The average molecular weight is 553 g/mol. The van der Waals surface area contributed by atoms with Gasteiger partial charge in [0.2, 0.25) is 5.91 Å². The number of nitrogens with zero attached hydrogens (tertiary/aromatic N) is 4. The molecule has 1 unspecified atom stereocenters. The molecule has 0 spiro atoms. The molecular formula is C24H27F3N6O4S. The molecule has 1 atom stereocenters. The number of hydrogen-bond donors (Lipinski definition) is 2. The van der Waals surface area contributed by atoms with Gasteiger partial charge in [0.15, 0.2) is 6.61 Å². The smallest absolute Gasteiger partial charge is 0.422 e. The van der Waals surface area contributed by atoms with Gasteiger partial charge in [-0.1, -0.05) is 6.07 Å². The molecule has 0 saturated heterocycles. The molecule has 3 aromatic rings. The second-order valence-corrected chi connectivity index (χ2v) is 9.40. The van der Waals surface area contributed by atoms with E-state index in [2.05, 4.69) is 20.8 Å². The van der Waals surface area contributed by atoms with Gasteiger partial charge in [-0.3, -0.25) is 14.3 Å². The van der Waals surface area contributed by atoms with Crippen molar-refractivity contribution in [2.45, 2.75) is 38.1 Å². The van der Waals surface area contributed by atoms with Crippen LogP contribution >= 0.6 is 11.8 Å². The van der Waals surface area contributed by atoms with E-state index in [1.54, 1.807) is 33.8 Å². The summed E-state index contributed by atoms with van der Waals surface area (Å²) in [6.07, 6.45) is 1.73. The number of rotatable bonds is 12. The first kappa shape index (κ1) is 27.4. The Kier molecular flexibility index (Phi) is 8.81. The minimum atomic E-state index is -4.43. The van der Waals surface area contributed by atoms with Gasteiger partial charge in [-0.2, -0.15) is 35.1 Å². The van der Waals surface area contributed by atoms with Gasteiger partial charge >= 0.3 is 6.18 Å². The summed E-state index contributed by atoms with van der Waals surface area (Å²) in [7, 11) is 0. The van der Waals surface area contributed by atoms with E-state index in [-0.39, 0.29) is 36.0 Å². The molecule has 0 aliphatic carbocycles. The van der Waals surface area contributed by atoms with E-state index in [1.165, 1.54) is 23.9 Å². The van der Waals surface area contributed by atoms with Crippen molar-refractivity contribution in [1.82, 2.24) is 24.9 Å². The average Bonchev–Trinajstić information content (AvgIpc) is 3.50. The maximum Gasteiger partial charge on any atom is 0.422 e. The zero-order valence-corrected chi connectivity index (χ0v) is 21.3. The lowest BCUT2D eigenvalue weighted by Gasteiger charge is -2.23. The van der Waals surface area contributed by atoms with E-state index in [0.717, 1.165) is 0 Å². The fraction of sp³-hybridized carbons (Fsp3) is 0.417. The fourth-order valence-electron chi connectivity index (χ4n) is 3.97. The zero-order valence-electron chi connectivity index (χ0n) is 20.5. The fourth-order valence-corrected chi connectivity index (χ4v) is 4.30. The molecule has 4 rings (SSSR count). The van der Waals surface area contributed by atoms with Gasteiger partial charge in [0.1, 0.15) is 22.9 Å². The van der Waals surface area contributed by atoms with Crippen LogP contribution in [-0.4, -0.2) is 68.8 Å². The summed E-state index contributed by atoms with van der Waals surface area (Å²) in [5, 5.41) is 14.6. The molecular weight excluding hydrogens is 525 g/mol. The number of aryl methyl sites for hydroxylation is 2. The van der Waals surface area contributed by atoms with Crippen LogP contribution in [0, 0.1) is 0 Å². The summed E-state index contributed by atoms with van der Waals surface area (Å²) in [5.74, 6) is 0.424. The third kappa shape index (κ3) is 7.43. The van der Waals surface area contributed by atoms with Crippen LogP contribution in [0.5, 0.6) is 11.5 Å². The summed E-state index contributed by atoms with van der Waals surface area (Å²) >= 11 is 1.37. The Hall–Kier alpha value is -3.68. The van der Waals surface area contributed by atoms with E-state index >= 15 is 0 Å². The van der Waals surface area contributed by atoms with Crippen LogP contribution in [0.15, 0.2) is 42.7 Å². The van der Waals surface area contributed by atoms with Gasteiger partial charge in [0.25, 0.3) is 5.91 Å². The Morgan fingerprint density at radius 2 is 2.03 bits per heavy atom. The number of benzene rings is 1. The first-order valence-electron chi connectivity index (χ1n) is 11.8. The molecule has 2 amide bonds. The number of hydrogen-bond acceptors (Lipinski definition) is 7. The molecule has 0 radical (unpaired) electrons.